The van der Waals surface area contributed by atoms with Gasteiger partial charge in [-0.3, -0.25) is 9.88 Å². The van der Waals surface area contributed by atoms with E-state index in [1.165, 1.54) is 32.5 Å². The van der Waals surface area contributed by atoms with Gasteiger partial charge in [0.25, 0.3) is 0 Å². The lowest BCUT2D eigenvalue weighted by Gasteiger charge is -2.31. The quantitative estimate of drug-likeness (QED) is 0.841. The van der Waals surface area contributed by atoms with E-state index in [2.05, 4.69) is 26.9 Å². The Morgan fingerprint density at radius 2 is 2.08 bits per heavy atom. The number of ether oxygens (including phenoxy) is 2. The van der Waals surface area contributed by atoms with Crippen LogP contribution in [0.4, 0.5) is 0 Å². The van der Waals surface area contributed by atoms with Crippen LogP contribution in [0.1, 0.15) is 25.0 Å². The molecule has 24 heavy (non-hydrogen) atoms. The Morgan fingerprint density at radius 3 is 2.92 bits per heavy atom. The number of hydrogen-bond donors (Lipinski definition) is 0. The van der Waals surface area contributed by atoms with Gasteiger partial charge < -0.3 is 14.4 Å². The van der Waals surface area contributed by atoms with Gasteiger partial charge >= 0.3 is 0 Å². The topological polar surface area (TPSA) is 37.8 Å². The normalized spacial score (nSPS) is 32.4. The van der Waals surface area contributed by atoms with Crippen molar-refractivity contribution in [3.8, 4) is 0 Å². The first kappa shape index (κ1) is 16.5. The number of hydrogen-bond acceptors (Lipinski definition) is 5. The van der Waals surface area contributed by atoms with E-state index in [0.29, 0.717) is 5.92 Å². The van der Waals surface area contributed by atoms with E-state index in [-0.39, 0.29) is 5.60 Å². The fraction of sp³-hybridized carbons (Fsp3) is 0.737. The summed E-state index contributed by atoms with van der Waals surface area (Å²) in [5.41, 5.74) is 1.01. The maximum absolute atomic E-state index is 6.34. The second-order valence-electron chi connectivity index (χ2n) is 7.66. The van der Waals surface area contributed by atoms with Crippen LogP contribution >= 0.6 is 0 Å². The summed E-state index contributed by atoms with van der Waals surface area (Å²) in [7, 11) is 0. The van der Waals surface area contributed by atoms with Crippen molar-refractivity contribution in [1.29, 1.82) is 0 Å². The van der Waals surface area contributed by atoms with Gasteiger partial charge in [-0.15, -0.1) is 0 Å². The van der Waals surface area contributed by atoms with E-state index in [1.807, 2.05) is 12.3 Å². The van der Waals surface area contributed by atoms with Crippen LogP contribution in [-0.4, -0.2) is 72.9 Å². The fourth-order valence-corrected chi connectivity index (χ4v) is 4.44. The third-order valence-electron chi connectivity index (χ3n) is 5.54. The van der Waals surface area contributed by atoms with Gasteiger partial charge in [-0.2, -0.15) is 0 Å². The second kappa shape index (κ2) is 7.48. The molecule has 3 fully saturated rings. The molecule has 0 N–H and O–H groups in total. The molecule has 1 spiro atoms. The predicted molar refractivity (Wildman–Crippen MR) is 92.8 cm³/mol. The average Bonchev–Trinajstić information content (AvgIpc) is 3.19. The lowest BCUT2D eigenvalue weighted by atomic mass is 9.94. The highest BCUT2D eigenvalue weighted by molar-refractivity contribution is 5.04. The molecule has 2 atom stereocenters. The van der Waals surface area contributed by atoms with Crippen molar-refractivity contribution in [3.05, 3.63) is 30.1 Å². The van der Waals surface area contributed by atoms with Crippen molar-refractivity contribution in [2.24, 2.45) is 5.92 Å². The molecule has 0 radical (unpaired) electrons. The van der Waals surface area contributed by atoms with Crippen molar-refractivity contribution >= 4 is 0 Å². The Labute approximate surface area is 144 Å². The molecule has 4 heterocycles. The molecular weight excluding hydrogens is 302 g/mol. The summed E-state index contributed by atoms with van der Waals surface area (Å²) in [6.07, 6.45) is 5.72. The Bertz CT molecular complexity index is 521. The molecule has 0 unspecified atom stereocenters. The van der Waals surface area contributed by atoms with Gasteiger partial charge in [0.05, 0.1) is 25.5 Å². The minimum Gasteiger partial charge on any atom is -0.377 e. The van der Waals surface area contributed by atoms with Crippen molar-refractivity contribution in [2.45, 2.75) is 31.4 Å². The largest absolute Gasteiger partial charge is 0.377 e. The van der Waals surface area contributed by atoms with Gasteiger partial charge in [-0.1, -0.05) is 6.07 Å². The van der Waals surface area contributed by atoms with Gasteiger partial charge in [-0.05, 0) is 50.4 Å². The Morgan fingerprint density at radius 1 is 1.17 bits per heavy atom. The van der Waals surface area contributed by atoms with Gasteiger partial charge in [0.2, 0.25) is 0 Å². The molecule has 5 heteroatoms. The maximum atomic E-state index is 6.34. The summed E-state index contributed by atoms with van der Waals surface area (Å²) in [6.45, 7) is 8.94. The molecule has 0 aliphatic carbocycles. The van der Waals surface area contributed by atoms with Crippen molar-refractivity contribution in [3.63, 3.8) is 0 Å². The van der Waals surface area contributed by atoms with E-state index >= 15 is 0 Å². The van der Waals surface area contributed by atoms with Crippen molar-refractivity contribution in [1.82, 2.24) is 14.8 Å². The molecule has 0 amide bonds. The van der Waals surface area contributed by atoms with Crippen molar-refractivity contribution in [2.75, 3.05) is 52.5 Å². The smallest absolute Gasteiger partial charge is 0.104 e. The molecule has 5 nitrogen and oxygen atoms in total. The van der Waals surface area contributed by atoms with E-state index in [1.54, 1.807) is 0 Å². The minimum atomic E-state index is -0.115. The van der Waals surface area contributed by atoms with Crippen LogP contribution in [-0.2, 0) is 16.0 Å². The molecule has 3 aliphatic heterocycles. The minimum absolute atomic E-state index is 0.115. The average molecular weight is 331 g/mol. The van der Waals surface area contributed by atoms with Crippen LogP contribution in [0.2, 0.25) is 0 Å². The van der Waals surface area contributed by atoms with Gasteiger partial charge in [0.1, 0.15) is 5.60 Å². The highest BCUT2D eigenvalue weighted by atomic mass is 16.5. The molecule has 4 rings (SSSR count). The first-order chi connectivity index (χ1) is 11.8. The number of aromatic nitrogens is 1. The first-order valence-corrected chi connectivity index (χ1v) is 9.38. The monoisotopic (exact) mass is 331 g/mol. The molecule has 0 aromatic carbocycles. The molecule has 3 saturated heterocycles. The predicted octanol–water partition coefficient (Wildman–Crippen LogP) is 1.78. The Hall–Kier alpha value is -1.01. The SMILES string of the molecule is c1ccc(CN2CCOC[C@]3(C[C@@H](CN4CCCC4)CO3)C2)nc1. The zero-order valence-electron chi connectivity index (χ0n) is 14.5. The van der Waals surface area contributed by atoms with Gasteiger partial charge in [-0.25, -0.2) is 0 Å². The van der Waals surface area contributed by atoms with E-state index in [4.69, 9.17) is 9.47 Å². The number of pyridine rings is 1. The van der Waals surface area contributed by atoms with E-state index in [9.17, 15) is 0 Å². The van der Waals surface area contributed by atoms with Crippen LogP contribution < -0.4 is 0 Å². The number of nitrogens with zero attached hydrogens (tertiary/aromatic N) is 3. The fourth-order valence-electron chi connectivity index (χ4n) is 4.44. The number of rotatable bonds is 4. The summed E-state index contributed by atoms with van der Waals surface area (Å²) in [5, 5.41) is 0. The summed E-state index contributed by atoms with van der Waals surface area (Å²) >= 11 is 0. The lowest BCUT2D eigenvalue weighted by Crippen LogP contribution is -2.44. The molecule has 3 aliphatic rings. The van der Waals surface area contributed by atoms with Crippen LogP contribution in [0, 0.1) is 5.92 Å². The highest BCUT2D eigenvalue weighted by Crippen LogP contribution is 2.34. The van der Waals surface area contributed by atoms with Crippen LogP contribution in [0.5, 0.6) is 0 Å². The standard InChI is InChI=1S/C19H29N3O2/c1-2-6-20-18(5-1)13-22-9-10-23-16-19(15-22)11-17(14-24-19)12-21-7-3-4-8-21/h1-2,5-6,17H,3-4,7-16H2/t17-,19-/m0/s1. The van der Waals surface area contributed by atoms with E-state index in [0.717, 1.165) is 51.6 Å². The maximum Gasteiger partial charge on any atom is 0.104 e. The van der Waals surface area contributed by atoms with Gasteiger partial charge in [0.15, 0.2) is 0 Å². The lowest BCUT2D eigenvalue weighted by molar-refractivity contribution is -0.0563. The van der Waals surface area contributed by atoms with Crippen LogP contribution in [0.25, 0.3) is 0 Å². The zero-order valence-corrected chi connectivity index (χ0v) is 14.5. The Kier molecular flexibility index (Phi) is 5.13. The molecule has 132 valence electrons. The highest BCUT2D eigenvalue weighted by Gasteiger charge is 2.43. The van der Waals surface area contributed by atoms with E-state index < -0.39 is 0 Å². The summed E-state index contributed by atoms with van der Waals surface area (Å²) in [4.78, 5) is 9.53. The second-order valence-corrected chi connectivity index (χ2v) is 7.66. The molecule has 0 saturated carbocycles. The Balaban J connectivity index is 1.37. The summed E-state index contributed by atoms with van der Waals surface area (Å²) in [6, 6.07) is 6.13. The van der Waals surface area contributed by atoms with Crippen LogP contribution in [0.15, 0.2) is 24.4 Å². The summed E-state index contributed by atoms with van der Waals surface area (Å²) in [5.74, 6) is 0.654. The third-order valence-corrected chi connectivity index (χ3v) is 5.54. The zero-order chi connectivity index (χ0) is 16.2. The van der Waals surface area contributed by atoms with Gasteiger partial charge in [0, 0.05) is 32.4 Å². The third kappa shape index (κ3) is 3.97. The molecule has 0 bridgehead atoms. The molecular formula is C19H29N3O2. The van der Waals surface area contributed by atoms with Crippen molar-refractivity contribution < 1.29 is 9.47 Å². The molecule has 1 aromatic rings. The first-order valence-electron chi connectivity index (χ1n) is 9.38. The van der Waals surface area contributed by atoms with Crippen LogP contribution in [0.3, 0.4) is 0 Å². The number of likely N-dealkylation sites (tertiary alicyclic amines) is 1. The summed E-state index contributed by atoms with van der Waals surface area (Å²) < 4.78 is 12.3. The molecule has 1 aromatic heterocycles.